The first-order chi connectivity index (χ1) is 24.9. The van der Waals surface area contributed by atoms with Gasteiger partial charge in [0.25, 0.3) is 0 Å². The number of hydrogen-bond acceptors (Lipinski definition) is 13. The minimum atomic E-state index is -1.71. The van der Waals surface area contributed by atoms with Gasteiger partial charge in [0.15, 0.2) is 0 Å². The van der Waals surface area contributed by atoms with Gasteiger partial charge in [0, 0.05) is 32.0 Å². The summed E-state index contributed by atoms with van der Waals surface area (Å²) in [5.41, 5.74) is -1.25. The van der Waals surface area contributed by atoms with E-state index < -0.39 is 65.1 Å². The number of amides is 2. The predicted octanol–water partition coefficient (Wildman–Crippen LogP) is 7.38. The number of hydrogen-bond donors (Lipinski definition) is 2. The molecule has 0 fully saturated rings. The molecule has 1 aliphatic rings. The molecule has 2 rings (SSSR count). The highest BCUT2D eigenvalue weighted by molar-refractivity contribution is 8.14. The number of rotatable bonds is 19. The molecule has 0 saturated heterocycles. The average molecular weight is 872 g/mol. The molecule has 0 bridgehead atoms. The van der Waals surface area contributed by atoms with Gasteiger partial charge in [0.2, 0.25) is 9.70 Å². The molecule has 2 N–H and O–H groups in total. The quantitative estimate of drug-likeness (QED) is 0.0467. The molecule has 304 valence electrons. The van der Waals surface area contributed by atoms with Crippen molar-refractivity contribution >= 4 is 101 Å². The number of esters is 3. The van der Waals surface area contributed by atoms with Crippen molar-refractivity contribution in [3.05, 3.63) is 28.2 Å². The molecule has 1 aromatic rings. The van der Waals surface area contributed by atoms with Crippen molar-refractivity contribution in [1.29, 1.82) is 0 Å². The third-order valence-corrected chi connectivity index (χ3v) is 11.5. The van der Waals surface area contributed by atoms with Gasteiger partial charge in [-0.3, -0.25) is 19.4 Å². The van der Waals surface area contributed by atoms with Crippen LogP contribution in [0.4, 0.5) is 4.79 Å². The second-order valence-electron chi connectivity index (χ2n) is 15.5. The first kappa shape index (κ1) is 47.8. The molecular formula is C35H53Cl3N4O9S2Si. The largest absolute Gasteiger partial charge is 0.466 e. The van der Waals surface area contributed by atoms with E-state index in [1.165, 1.54) is 23.1 Å². The second kappa shape index (κ2) is 21.2. The zero-order valence-electron chi connectivity index (χ0n) is 32.3. The Balaban J connectivity index is 2.08. The number of nitrogens with one attached hydrogen (secondary N) is 2. The highest BCUT2D eigenvalue weighted by Gasteiger charge is 2.42. The summed E-state index contributed by atoms with van der Waals surface area (Å²) in [7, 11) is -1.45. The molecule has 2 amide bonds. The first-order valence-electron chi connectivity index (χ1n) is 17.5. The number of halogens is 3. The normalized spacial score (nSPS) is 17.5. The lowest BCUT2D eigenvalue weighted by Gasteiger charge is -2.27. The molecule has 0 saturated carbocycles. The Kier molecular flexibility index (Phi) is 18.8. The number of nitrogens with zero attached hydrogens (tertiary/aromatic N) is 2. The van der Waals surface area contributed by atoms with Crippen LogP contribution in [0.15, 0.2) is 22.5 Å². The zero-order valence-corrected chi connectivity index (χ0v) is 37.2. The number of alkyl carbamates (subject to hydrolysis) is 1. The Labute approximate surface area is 342 Å². The summed E-state index contributed by atoms with van der Waals surface area (Å²) in [5.74, 6) is -2.28. The van der Waals surface area contributed by atoms with E-state index in [1.807, 2.05) is 0 Å². The number of aromatic nitrogens is 1. The Bertz CT molecular complexity index is 1520. The maximum atomic E-state index is 13.7. The maximum Gasteiger partial charge on any atom is 0.408 e. The van der Waals surface area contributed by atoms with Crippen molar-refractivity contribution in [3.8, 4) is 0 Å². The number of alkyl halides is 3. The Morgan fingerprint density at radius 3 is 2.35 bits per heavy atom. The van der Waals surface area contributed by atoms with E-state index in [-0.39, 0.29) is 44.9 Å². The predicted molar refractivity (Wildman–Crippen MR) is 217 cm³/mol. The minimum absolute atomic E-state index is 0.0259. The van der Waals surface area contributed by atoms with Crippen LogP contribution < -0.4 is 10.6 Å². The van der Waals surface area contributed by atoms with Gasteiger partial charge >= 0.3 is 24.0 Å². The van der Waals surface area contributed by atoms with Crippen molar-refractivity contribution < 1.29 is 42.9 Å². The maximum absolute atomic E-state index is 13.7. The summed E-state index contributed by atoms with van der Waals surface area (Å²) in [6.45, 7) is 17.1. The summed E-state index contributed by atoms with van der Waals surface area (Å²) in [6, 6.07) is -0.250. The smallest absolute Gasteiger partial charge is 0.408 e. The molecule has 0 spiro atoms. The van der Waals surface area contributed by atoms with Gasteiger partial charge in [-0.25, -0.2) is 14.6 Å². The van der Waals surface area contributed by atoms with E-state index in [2.05, 4.69) is 40.3 Å². The van der Waals surface area contributed by atoms with Gasteiger partial charge in [0.05, 0.1) is 19.6 Å². The van der Waals surface area contributed by atoms with Crippen molar-refractivity contribution in [2.75, 3.05) is 19.0 Å². The first-order valence-corrected chi connectivity index (χ1v) is 24.2. The van der Waals surface area contributed by atoms with Crippen molar-refractivity contribution in [2.24, 2.45) is 10.9 Å². The molecule has 54 heavy (non-hydrogen) atoms. The fourth-order valence-corrected chi connectivity index (χ4v) is 7.22. The molecule has 3 atom stereocenters. The fourth-order valence-electron chi connectivity index (χ4n) is 4.42. The van der Waals surface area contributed by atoms with Crippen LogP contribution in [0.1, 0.15) is 77.9 Å². The van der Waals surface area contributed by atoms with E-state index >= 15 is 0 Å². The van der Waals surface area contributed by atoms with Gasteiger partial charge < -0.3 is 29.6 Å². The lowest BCUT2D eigenvalue weighted by atomic mass is 10.00. The molecule has 13 nitrogen and oxygen atoms in total. The zero-order chi connectivity index (χ0) is 40.9. The molecule has 1 aromatic heterocycles. The molecule has 0 aliphatic carbocycles. The van der Waals surface area contributed by atoms with Crippen LogP contribution in [-0.4, -0.2) is 94.1 Å². The molecule has 2 heterocycles. The van der Waals surface area contributed by atoms with E-state index in [0.717, 1.165) is 6.04 Å². The van der Waals surface area contributed by atoms with Crippen LogP contribution >= 0.6 is 57.9 Å². The number of thioether (sulfide) groups is 1. The summed E-state index contributed by atoms with van der Waals surface area (Å²) < 4.78 is 19.8. The van der Waals surface area contributed by atoms with Crippen LogP contribution in [0.5, 0.6) is 0 Å². The highest BCUT2D eigenvalue weighted by atomic mass is 35.6. The SMILES string of the molecule is CC(C)C(NC(=O)C1(C)CSC(c2csc(CNC(=O)OC(C)(C)C)n2)=N1)C(=O)OC(CC=CCCC(=O)OCC(Cl)(Cl)Cl)CC(=O)OCC[Si](C)(C)C. The number of thiazole rings is 1. The summed E-state index contributed by atoms with van der Waals surface area (Å²) in [6.07, 6.45) is 2.24. The van der Waals surface area contributed by atoms with Gasteiger partial charge in [-0.05, 0) is 46.1 Å². The van der Waals surface area contributed by atoms with Crippen LogP contribution in [0.3, 0.4) is 0 Å². The van der Waals surface area contributed by atoms with Crippen molar-refractivity contribution in [1.82, 2.24) is 15.6 Å². The lowest BCUT2D eigenvalue weighted by Crippen LogP contribution is -2.53. The lowest BCUT2D eigenvalue weighted by molar-refractivity contribution is -0.158. The van der Waals surface area contributed by atoms with Gasteiger partial charge in [-0.1, -0.05) is 80.4 Å². The van der Waals surface area contributed by atoms with Crippen molar-refractivity contribution in [2.45, 2.75) is 127 Å². The van der Waals surface area contributed by atoms with Crippen LogP contribution in [0.2, 0.25) is 25.7 Å². The third kappa shape index (κ3) is 19.0. The fraction of sp³-hybridized carbons (Fsp3) is 0.686. The monoisotopic (exact) mass is 870 g/mol. The molecule has 1 aliphatic heterocycles. The number of aliphatic imine (C=N–C) groups is 1. The van der Waals surface area contributed by atoms with Gasteiger partial charge in [0.1, 0.15) is 45.6 Å². The summed E-state index contributed by atoms with van der Waals surface area (Å²) >= 11 is 19.6. The van der Waals surface area contributed by atoms with Crippen LogP contribution in [-0.2, 0) is 44.7 Å². The Morgan fingerprint density at radius 1 is 1.06 bits per heavy atom. The van der Waals surface area contributed by atoms with E-state index in [1.54, 1.807) is 59.1 Å². The minimum Gasteiger partial charge on any atom is -0.466 e. The molecule has 3 unspecified atom stereocenters. The summed E-state index contributed by atoms with van der Waals surface area (Å²) in [5, 5.41) is 8.52. The van der Waals surface area contributed by atoms with E-state index in [9.17, 15) is 24.0 Å². The molecular weight excluding hydrogens is 819 g/mol. The topological polar surface area (TPSA) is 172 Å². The Hall–Kier alpha value is -2.37. The van der Waals surface area contributed by atoms with Crippen LogP contribution in [0.25, 0.3) is 0 Å². The summed E-state index contributed by atoms with van der Waals surface area (Å²) in [4.78, 5) is 73.3. The second-order valence-corrected chi connectivity index (χ2v) is 25.5. The molecule has 19 heteroatoms. The number of carbonyl (C=O) groups is 5. The van der Waals surface area contributed by atoms with Gasteiger partial charge in [-0.2, -0.15) is 0 Å². The molecule has 0 radical (unpaired) electrons. The van der Waals surface area contributed by atoms with Crippen molar-refractivity contribution in [3.63, 3.8) is 0 Å². The Morgan fingerprint density at radius 2 is 1.74 bits per heavy atom. The number of ether oxygens (including phenoxy) is 4. The van der Waals surface area contributed by atoms with E-state index in [4.69, 9.17) is 53.8 Å². The average Bonchev–Trinajstić information content (AvgIpc) is 3.66. The molecule has 0 aromatic carbocycles. The highest BCUT2D eigenvalue weighted by Crippen LogP contribution is 2.32. The van der Waals surface area contributed by atoms with Crippen LogP contribution in [0, 0.1) is 5.92 Å². The number of allylic oxidation sites excluding steroid dienone is 1. The van der Waals surface area contributed by atoms with E-state index in [0.29, 0.717) is 27.9 Å². The number of carbonyl (C=O) groups excluding carboxylic acids is 5. The van der Waals surface area contributed by atoms with Gasteiger partial charge in [-0.15, -0.1) is 23.1 Å². The standard InChI is InChI=1S/C35H53Cl3N4O9S2Si/c1-22(2)28(41-31(46)34(6)21-53-29(42-34)24-19-52-25(40-24)18-39-32(47)51-33(3,4)5)30(45)50-23(17-27(44)48-15-16-54(7,8)9)13-11-10-12-14-26(43)49-20-35(36,37)38/h10-11,19,22-23,28H,12-18,20-21H2,1-9H3,(H,39,47)(H,41,46). The third-order valence-electron chi connectivity index (χ3n) is 7.36.